The van der Waals surface area contributed by atoms with Gasteiger partial charge in [0.15, 0.2) is 6.29 Å². The van der Waals surface area contributed by atoms with E-state index in [0.29, 0.717) is 5.75 Å². The molecule has 0 aliphatic carbocycles. The molecule has 12 nitrogen and oxygen atoms in total. The van der Waals surface area contributed by atoms with Crippen molar-refractivity contribution in [2.75, 3.05) is 39.3 Å². The minimum Gasteiger partial charge on any atom is -0.549 e. The second-order valence-electron chi connectivity index (χ2n) is 5.98. The van der Waals surface area contributed by atoms with Gasteiger partial charge in [-0.2, -0.15) is 0 Å². The van der Waals surface area contributed by atoms with Gasteiger partial charge in [-0.25, -0.2) is 0 Å². The number of aliphatic hydroxyl groups is 1. The molecule has 1 unspecified atom stereocenters. The van der Waals surface area contributed by atoms with E-state index in [1.807, 2.05) is 18.2 Å². The number of nitrogens with zero attached hydrogens (tertiary/aromatic N) is 2. The van der Waals surface area contributed by atoms with Crippen molar-refractivity contribution in [2.24, 2.45) is 0 Å². The van der Waals surface area contributed by atoms with Gasteiger partial charge in [0.05, 0.1) is 25.0 Å². The third-order valence-corrected chi connectivity index (χ3v) is 3.21. The van der Waals surface area contributed by atoms with E-state index in [2.05, 4.69) is 0 Å². The van der Waals surface area contributed by atoms with Crippen molar-refractivity contribution in [2.45, 2.75) is 13.2 Å². The Morgan fingerprint density at radius 2 is 1.22 bits per heavy atom. The number of ether oxygens (including phenoxy) is 1. The molecule has 168 valence electrons. The molecule has 32 heavy (non-hydrogen) atoms. The molecular weight excluding hydrogens is 450 g/mol. The summed E-state index contributed by atoms with van der Waals surface area (Å²) in [6.45, 7) is -1.17. The number of hydrogen-bond acceptors (Lipinski definition) is 10. The fourth-order valence-electron chi connectivity index (χ4n) is 2.15. The largest absolute Gasteiger partial charge is 1.00 e. The van der Waals surface area contributed by atoms with E-state index in [0.717, 1.165) is 9.80 Å². The second-order valence-corrected chi connectivity index (χ2v) is 5.98. The van der Waals surface area contributed by atoms with Gasteiger partial charge < -0.3 is 39.9 Å². The molecule has 0 saturated carbocycles. The maximum Gasteiger partial charge on any atom is 1.00 e. The van der Waals surface area contributed by atoms with Crippen LogP contribution in [0.5, 0.6) is 5.75 Å². The summed E-state index contributed by atoms with van der Waals surface area (Å²) in [5, 5.41) is 46.8. The Balaban J connectivity index is -0.000000591. The van der Waals surface area contributed by atoms with Crippen molar-refractivity contribution in [1.82, 2.24) is 9.80 Å². The minimum atomic E-state index is -1.49. The number of carbonyl (C=O) groups excluding carboxylic acids is 2. The van der Waals surface area contributed by atoms with E-state index in [-0.39, 0.29) is 72.2 Å². The number of carbonyl (C=O) groups is 4. The first-order valence-corrected chi connectivity index (χ1v) is 8.67. The van der Waals surface area contributed by atoms with E-state index >= 15 is 0 Å². The Morgan fingerprint density at radius 3 is 1.50 bits per heavy atom. The van der Waals surface area contributed by atoms with Gasteiger partial charge in [0.2, 0.25) is 0 Å². The Kier molecular flexibility index (Phi) is 22.5. The first kappa shape index (κ1) is 35.4. The number of hydrogen-bond donors (Lipinski definition) is 3. The summed E-state index contributed by atoms with van der Waals surface area (Å²) >= 11 is 0. The summed E-state index contributed by atoms with van der Waals surface area (Å²) in [5.41, 5.74) is 0. The number of carboxylic acids is 4. The monoisotopic (exact) mass is 474 g/mol. The number of rotatable bonds is 13. The standard InChI is InChI=1S/C10H16N2O8.C8H10O2.2Na/c13-7(14)3-11(4-8(15)16)1-2-12(5-9(17)18)6-10(19)20;1-7(9)10-8-5-3-2-4-6-8;;/h1-6H2,(H,13,14)(H,15,16)(H,17,18)(H,19,20);2-7,9H,1H3;;/q;;2*+1/p-2. The minimum absolute atomic E-state index is 0. The summed E-state index contributed by atoms with van der Waals surface area (Å²) < 4.78 is 4.97. The second kappa shape index (κ2) is 20.4. The number of carboxylic acid groups (broad SMARTS) is 4. The molecule has 3 N–H and O–H groups in total. The Labute approximate surface area is 229 Å². The normalized spacial score (nSPS) is 10.6. The Bertz CT molecular complexity index is 624. The molecule has 0 radical (unpaired) electrons. The summed E-state index contributed by atoms with van der Waals surface area (Å²) in [6.07, 6.45) is -0.734. The van der Waals surface area contributed by atoms with E-state index in [9.17, 15) is 29.4 Å². The zero-order valence-electron chi connectivity index (χ0n) is 18.3. The van der Waals surface area contributed by atoms with Crippen LogP contribution in [0, 0.1) is 0 Å². The third-order valence-electron chi connectivity index (χ3n) is 3.21. The number of aliphatic carboxylic acids is 4. The average molecular weight is 474 g/mol. The van der Waals surface area contributed by atoms with E-state index in [1.54, 1.807) is 19.1 Å². The molecule has 0 saturated heterocycles. The van der Waals surface area contributed by atoms with Crippen LogP contribution in [0.3, 0.4) is 0 Å². The van der Waals surface area contributed by atoms with E-state index in [1.165, 1.54) is 0 Å². The molecule has 0 bridgehead atoms. The van der Waals surface area contributed by atoms with Crippen molar-refractivity contribution in [3.05, 3.63) is 30.3 Å². The van der Waals surface area contributed by atoms with Crippen molar-refractivity contribution >= 4 is 23.9 Å². The summed E-state index contributed by atoms with van der Waals surface area (Å²) in [5.74, 6) is -4.82. The van der Waals surface area contributed by atoms with Crippen LogP contribution in [0.1, 0.15) is 6.92 Å². The van der Waals surface area contributed by atoms with Gasteiger partial charge in [0.25, 0.3) is 0 Å². The van der Waals surface area contributed by atoms with Crippen molar-refractivity contribution in [3.8, 4) is 5.75 Å². The van der Waals surface area contributed by atoms with Crippen LogP contribution >= 0.6 is 0 Å². The van der Waals surface area contributed by atoms with Crippen molar-refractivity contribution < 1.29 is 109 Å². The molecule has 0 aliphatic heterocycles. The predicted molar refractivity (Wildman–Crippen MR) is 96.9 cm³/mol. The maximum atomic E-state index is 10.5. The van der Waals surface area contributed by atoms with Crippen LogP contribution in [-0.2, 0) is 19.2 Å². The first-order valence-electron chi connectivity index (χ1n) is 8.67. The van der Waals surface area contributed by atoms with Crippen LogP contribution in [0.2, 0.25) is 0 Å². The van der Waals surface area contributed by atoms with Gasteiger partial charge in [0, 0.05) is 26.2 Å². The molecule has 0 spiro atoms. The number of para-hydroxylation sites is 1. The van der Waals surface area contributed by atoms with Crippen LogP contribution in [0.15, 0.2) is 30.3 Å². The molecule has 0 heterocycles. The summed E-state index contributed by atoms with van der Waals surface area (Å²) in [6, 6.07) is 9.21. The molecule has 1 aromatic rings. The van der Waals surface area contributed by atoms with Gasteiger partial charge >= 0.3 is 71.1 Å². The fourth-order valence-corrected chi connectivity index (χ4v) is 2.15. The summed E-state index contributed by atoms with van der Waals surface area (Å²) in [7, 11) is 0. The first-order chi connectivity index (χ1) is 14.0. The van der Waals surface area contributed by atoms with E-state index < -0.39 is 56.3 Å². The van der Waals surface area contributed by atoms with Gasteiger partial charge in [-0.15, -0.1) is 0 Å². The maximum absolute atomic E-state index is 10.5. The van der Waals surface area contributed by atoms with Crippen LogP contribution in [0.4, 0.5) is 0 Å². The van der Waals surface area contributed by atoms with Crippen LogP contribution in [-0.4, -0.2) is 94.6 Å². The van der Waals surface area contributed by atoms with Gasteiger partial charge in [-0.05, 0) is 19.1 Å². The third kappa shape index (κ3) is 22.0. The van der Waals surface area contributed by atoms with Gasteiger partial charge in [-0.1, -0.05) is 18.2 Å². The molecule has 1 atom stereocenters. The van der Waals surface area contributed by atoms with Crippen LogP contribution in [0.25, 0.3) is 0 Å². The van der Waals surface area contributed by atoms with Crippen molar-refractivity contribution in [3.63, 3.8) is 0 Å². The zero-order valence-corrected chi connectivity index (χ0v) is 22.3. The molecular formula is C18H24N2Na2O10. The SMILES string of the molecule is CC(O)Oc1ccccc1.O=C([O-])CN(CCN(CC(=O)[O-])CC(=O)O)CC(=O)O.[Na+].[Na+]. The molecule has 0 aromatic heterocycles. The number of aliphatic hydroxyl groups excluding tert-OH is 1. The topological polar surface area (TPSA) is 191 Å². The fraction of sp³-hybridized carbons (Fsp3) is 0.444. The molecule has 0 amide bonds. The molecule has 0 aliphatic rings. The molecule has 1 rings (SSSR count). The van der Waals surface area contributed by atoms with Gasteiger partial charge in [-0.3, -0.25) is 19.4 Å². The Hall–Kier alpha value is -1.22. The average Bonchev–Trinajstić information content (AvgIpc) is 2.58. The van der Waals surface area contributed by atoms with Gasteiger partial charge in [0.1, 0.15) is 5.75 Å². The Morgan fingerprint density at radius 1 is 0.844 bits per heavy atom. The quantitative estimate of drug-likeness (QED) is 0.181. The van der Waals surface area contributed by atoms with E-state index in [4.69, 9.17) is 20.1 Å². The molecule has 14 heteroatoms. The van der Waals surface area contributed by atoms with Crippen molar-refractivity contribution in [1.29, 1.82) is 0 Å². The molecule has 1 aromatic carbocycles. The zero-order chi connectivity index (χ0) is 23.1. The smallest absolute Gasteiger partial charge is 0.549 e. The molecule has 0 fully saturated rings. The predicted octanol–water partition coefficient (Wildman–Crippen LogP) is -9.33. The van der Waals surface area contributed by atoms with Crippen LogP contribution < -0.4 is 74.1 Å². The number of benzene rings is 1. The summed E-state index contributed by atoms with van der Waals surface area (Å²) in [4.78, 5) is 43.9.